The van der Waals surface area contributed by atoms with E-state index in [1.54, 1.807) is 0 Å². The number of benzene rings is 4. The third-order valence-corrected chi connectivity index (χ3v) is 12.5. The van der Waals surface area contributed by atoms with Crippen LogP contribution in [0.4, 0.5) is 0 Å². The number of pyridine rings is 1. The number of hydrogen-bond acceptors (Lipinski definition) is 0. The van der Waals surface area contributed by atoms with Crippen LogP contribution in [0.1, 0.15) is 36.5 Å². The number of aromatic nitrogens is 1. The Morgan fingerprint density at radius 2 is 1.31 bits per heavy atom. The van der Waals surface area contributed by atoms with E-state index in [0.717, 1.165) is 0 Å². The molecule has 36 heavy (non-hydrogen) atoms. The zero-order valence-electron chi connectivity index (χ0n) is 22.3. The summed E-state index contributed by atoms with van der Waals surface area (Å²) in [6.07, 6.45) is 2.22. The van der Waals surface area contributed by atoms with Crippen LogP contribution in [0, 0.1) is 13.8 Å². The second kappa shape index (κ2) is 9.52. The van der Waals surface area contributed by atoms with Crippen molar-refractivity contribution in [2.45, 2.75) is 40.2 Å². The third-order valence-electron chi connectivity index (χ3n) is 8.03. The lowest BCUT2D eigenvalue weighted by Crippen LogP contribution is -2.64. The van der Waals surface area contributed by atoms with Crippen LogP contribution in [-0.2, 0) is 7.05 Å². The van der Waals surface area contributed by atoms with Crippen molar-refractivity contribution in [2.24, 2.45) is 7.05 Å². The molecule has 0 saturated carbocycles. The van der Waals surface area contributed by atoms with Gasteiger partial charge in [-0.25, -0.2) is 4.57 Å². The largest absolute Gasteiger partial charge is 0.220 e. The lowest BCUT2D eigenvalue weighted by Gasteiger charge is -2.29. The predicted molar refractivity (Wildman–Crippen MR) is 158 cm³/mol. The molecule has 5 aromatic rings. The van der Waals surface area contributed by atoms with Crippen molar-refractivity contribution < 1.29 is 4.57 Å². The quantitative estimate of drug-likeness (QED) is 0.159. The molecular weight excluding hydrogens is 450 g/mol. The second-order valence-corrected chi connectivity index (χ2v) is 14.6. The van der Waals surface area contributed by atoms with E-state index >= 15 is 0 Å². The first kappa shape index (κ1) is 24.2. The van der Waals surface area contributed by atoms with Crippen molar-refractivity contribution >= 4 is 34.4 Å². The van der Waals surface area contributed by atoms with E-state index in [-0.39, 0.29) is 0 Å². The van der Waals surface area contributed by atoms with Gasteiger partial charge >= 0.3 is 0 Å². The van der Waals surface area contributed by atoms with Crippen LogP contribution in [0.15, 0.2) is 103 Å². The summed E-state index contributed by atoms with van der Waals surface area (Å²) in [4.78, 5) is 0. The molecule has 1 nitrogen and oxygen atoms in total. The van der Waals surface area contributed by atoms with Crippen molar-refractivity contribution in [1.82, 2.24) is 0 Å². The molecule has 0 aliphatic heterocycles. The molecule has 1 aromatic heterocycles. The minimum absolute atomic E-state index is 0.499. The van der Waals surface area contributed by atoms with E-state index in [4.69, 9.17) is 0 Å². The molecule has 0 radical (unpaired) electrons. The molecule has 0 unspecified atom stereocenters. The highest BCUT2D eigenvalue weighted by atomic mass is 28.3. The molecule has 0 aliphatic rings. The van der Waals surface area contributed by atoms with Crippen molar-refractivity contribution in [3.05, 3.63) is 120 Å². The molecule has 0 saturated heterocycles. The summed E-state index contributed by atoms with van der Waals surface area (Å²) in [5, 5.41) is 6.93. The van der Waals surface area contributed by atoms with Gasteiger partial charge in [0, 0.05) is 6.07 Å². The summed E-state index contributed by atoms with van der Waals surface area (Å²) in [5.41, 5.74) is 6.75. The lowest BCUT2D eigenvalue weighted by molar-refractivity contribution is -0.659. The third kappa shape index (κ3) is 4.10. The summed E-state index contributed by atoms with van der Waals surface area (Å²) in [6.45, 7) is 11.5. The average Bonchev–Trinajstić information content (AvgIpc) is 2.90. The van der Waals surface area contributed by atoms with Gasteiger partial charge in [0.2, 0.25) is 5.69 Å². The molecule has 0 N–H and O–H groups in total. The van der Waals surface area contributed by atoms with Crippen LogP contribution in [0.2, 0.25) is 6.55 Å². The normalized spacial score (nSPS) is 11.9. The minimum Gasteiger partial charge on any atom is -0.200 e. The zero-order chi connectivity index (χ0) is 25.4. The monoisotopic (exact) mass is 486 g/mol. The highest BCUT2D eigenvalue weighted by molar-refractivity contribution is 7.10. The first-order chi connectivity index (χ1) is 17.3. The lowest BCUT2D eigenvalue weighted by atomic mass is 9.91. The molecule has 180 valence electrons. The van der Waals surface area contributed by atoms with Crippen molar-refractivity contribution in [2.75, 3.05) is 0 Å². The number of hydrogen-bond donors (Lipinski definition) is 0. The van der Waals surface area contributed by atoms with Crippen LogP contribution in [-0.4, -0.2) is 8.07 Å². The predicted octanol–water partition coefficient (Wildman–Crippen LogP) is 6.17. The topological polar surface area (TPSA) is 3.88 Å². The number of nitrogens with zero attached hydrogens (tertiary/aromatic N) is 1. The second-order valence-electron chi connectivity index (χ2n) is 10.6. The number of aryl methyl sites for hydroxylation is 2. The maximum Gasteiger partial charge on any atom is 0.220 e. The highest BCUT2D eigenvalue weighted by Crippen LogP contribution is 2.32. The Morgan fingerprint density at radius 1 is 0.694 bits per heavy atom. The zero-order valence-corrected chi connectivity index (χ0v) is 23.3. The van der Waals surface area contributed by atoms with Gasteiger partial charge < -0.3 is 0 Å². The van der Waals surface area contributed by atoms with Crippen LogP contribution >= 0.6 is 0 Å². The van der Waals surface area contributed by atoms with E-state index < -0.39 is 8.07 Å². The van der Waals surface area contributed by atoms with Crippen LogP contribution in [0.25, 0.3) is 22.0 Å². The van der Waals surface area contributed by atoms with Gasteiger partial charge in [0.1, 0.15) is 15.1 Å². The van der Waals surface area contributed by atoms with Crippen LogP contribution in [0.5, 0.6) is 0 Å². The van der Waals surface area contributed by atoms with Gasteiger partial charge in [0.25, 0.3) is 0 Å². The van der Waals surface area contributed by atoms with E-state index in [0.29, 0.717) is 5.92 Å². The average molecular weight is 487 g/mol. The Labute approximate surface area is 217 Å². The summed E-state index contributed by atoms with van der Waals surface area (Å²) in [6, 6.07) is 36.4. The summed E-state index contributed by atoms with van der Waals surface area (Å²) >= 11 is 0. The molecule has 0 bridgehead atoms. The first-order valence-electron chi connectivity index (χ1n) is 13.0. The van der Waals surface area contributed by atoms with Crippen molar-refractivity contribution in [3.63, 3.8) is 0 Å². The molecule has 4 aromatic carbocycles. The molecular formula is C34H36NSi+. The first-order valence-corrected chi connectivity index (χ1v) is 15.5. The Kier molecular flexibility index (Phi) is 6.40. The Hall–Kier alpha value is -3.49. The standard InChI is InChI=1S/C34H36NSi/c1-24(2)28-21-25(3)26(4)33(23-28)34-32-18-17-31(22-27(32)19-20-35(34)5)36(6,29-13-9-7-10-14-29)30-15-11-8-12-16-30/h7-24H,1-6H3/q+1. The molecule has 0 amide bonds. The van der Waals surface area contributed by atoms with Crippen LogP contribution in [0.3, 0.4) is 0 Å². The summed E-state index contributed by atoms with van der Waals surface area (Å²) in [5.74, 6) is 0.499. The fourth-order valence-corrected chi connectivity index (χ4v) is 9.11. The van der Waals surface area contributed by atoms with Gasteiger partial charge in [0.05, 0.1) is 10.9 Å². The minimum atomic E-state index is -2.16. The summed E-state index contributed by atoms with van der Waals surface area (Å²) < 4.78 is 2.29. The highest BCUT2D eigenvalue weighted by Gasteiger charge is 2.34. The molecule has 0 atom stereocenters. The van der Waals surface area contributed by atoms with Gasteiger partial charge in [-0.15, -0.1) is 0 Å². The van der Waals surface area contributed by atoms with Gasteiger partial charge in [-0.1, -0.05) is 99.3 Å². The van der Waals surface area contributed by atoms with Gasteiger partial charge in [-0.05, 0) is 69.5 Å². The number of fused-ring (bicyclic) bond motifs is 1. The SMILES string of the molecule is Cc1cc(C(C)C)cc(-c2c3ccc([Si](C)(c4ccccc4)c4ccccc4)cc3cc[n+]2C)c1C. The fraction of sp³-hybridized carbons (Fsp3) is 0.206. The van der Waals surface area contributed by atoms with E-state index in [2.05, 4.69) is 149 Å². The smallest absolute Gasteiger partial charge is 0.200 e. The van der Waals surface area contributed by atoms with E-state index in [1.165, 1.54) is 54.3 Å². The molecule has 5 rings (SSSR count). The van der Waals surface area contributed by atoms with Gasteiger partial charge in [-0.2, -0.15) is 0 Å². The Morgan fingerprint density at radius 3 is 1.89 bits per heavy atom. The maximum atomic E-state index is 2.49. The van der Waals surface area contributed by atoms with Crippen LogP contribution < -0.4 is 20.1 Å². The molecule has 0 fully saturated rings. The molecule has 0 spiro atoms. The van der Waals surface area contributed by atoms with Gasteiger partial charge in [-0.3, -0.25) is 0 Å². The van der Waals surface area contributed by atoms with Crippen molar-refractivity contribution in [1.29, 1.82) is 0 Å². The van der Waals surface area contributed by atoms with Gasteiger partial charge in [0.15, 0.2) is 6.20 Å². The summed E-state index contributed by atoms with van der Waals surface area (Å²) in [7, 11) is 0.0172. The Balaban J connectivity index is 1.76. The number of rotatable bonds is 5. The molecule has 1 heterocycles. The van der Waals surface area contributed by atoms with E-state index in [1.807, 2.05) is 0 Å². The van der Waals surface area contributed by atoms with E-state index in [9.17, 15) is 0 Å². The molecule has 0 aliphatic carbocycles. The Bertz CT molecular complexity index is 1500. The molecule has 2 heteroatoms. The fourth-order valence-electron chi connectivity index (χ4n) is 5.53. The van der Waals surface area contributed by atoms with Crippen molar-refractivity contribution in [3.8, 4) is 11.3 Å². The maximum absolute atomic E-state index is 2.49.